The molecule has 0 aliphatic carbocycles. The van der Waals surface area contributed by atoms with E-state index < -0.39 is 0 Å². The van der Waals surface area contributed by atoms with E-state index in [0.29, 0.717) is 17.4 Å². The molecule has 0 saturated heterocycles. The maximum atomic E-state index is 9.49. The molecule has 5 heteroatoms. The number of hydrogen-bond acceptors (Lipinski definition) is 5. The van der Waals surface area contributed by atoms with E-state index in [1.165, 1.54) is 6.07 Å². The Bertz CT molecular complexity index is 832. The third kappa shape index (κ3) is 2.08. The van der Waals surface area contributed by atoms with Gasteiger partial charge in [-0.1, -0.05) is 6.07 Å². The molecule has 3 aromatic rings. The predicted molar refractivity (Wildman–Crippen MR) is 76.0 cm³/mol. The van der Waals surface area contributed by atoms with Gasteiger partial charge in [0.05, 0.1) is 0 Å². The lowest BCUT2D eigenvalue weighted by atomic mass is 10.1. The minimum absolute atomic E-state index is 0.144. The quantitative estimate of drug-likeness (QED) is 0.779. The van der Waals surface area contributed by atoms with Crippen molar-refractivity contribution in [3.63, 3.8) is 0 Å². The summed E-state index contributed by atoms with van der Waals surface area (Å²) in [4.78, 5) is 4.26. The van der Waals surface area contributed by atoms with Gasteiger partial charge in [0.2, 0.25) is 12.7 Å². The largest absolute Gasteiger partial charge is 0.508 e. The van der Waals surface area contributed by atoms with Crippen molar-refractivity contribution in [2.75, 3.05) is 6.79 Å². The lowest BCUT2D eigenvalue weighted by Gasteiger charge is -2.08. The Morgan fingerprint density at radius 1 is 1.05 bits per heavy atom. The Labute approximate surface area is 120 Å². The second-order valence-electron chi connectivity index (χ2n) is 4.64. The van der Waals surface area contributed by atoms with Crippen LogP contribution in [0.3, 0.4) is 0 Å². The number of benzene rings is 2. The Morgan fingerprint density at radius 3 is 2.76 bits per heavy atom. The molecule has 1 aliphatic rings. The molecule has 0 unspecified atom stereocenters. The van der Waals surface area contributed by atoms with Gasteiger partial charge in [-0.05, 0) is 35.7 Å². The maximum Gasteiger partial charge on any atom is 0.231 e. The van der Waals surface area contributed by atoms with Crippen LogP contribution in [0.25, 0.3) is 10.8 Å². The van der Waals surface area contributed by atoms with Crippen LogP contribution in [-0.2, 0) is 0 Å². The molecule has 5 nitrogen and oxygen atoms in total. The van der Waals surface area contributed by atoms with Crippen molar-refractivity contribution in [3.05, 3.63) is 48.7 Å². The van der Waals surface area contributed by atoms with E-state index in [0.717, 1.165) is 16.5 Å². The highest BCUT2D eigenvalue weighted by Crippen LogP contribution is 2.39. The molecule has 0 saturated carbocycles. The van der Waals surface area contributed by atoms with Crippen molar-refractivity contribution in [1.82, 2.24) is 4.98 Å². The fourth-order valence-corrected chi connectivity index (χ4v) is 2.28. The van der Waals surface area contributed by atoms with Gasteiger partial charge in [-0.25, -0.2) is 4.98 Å². The van der Waals surface area contributed by atoms with E-state index in [1.807, 2.05) is 18.2 Å². The zero-order chi connectivity index (χ0) is 14.2. The van der Waals surface area contributed by atoms with E-state index in [9.17, 15) is 5.11 Å². The molecule has 4 rings (SSSR count). The van der Waals surface area contributed by atoms with Crippen molar-refractivity contribution < 1.29 is 19.3 Å². The van der Waals surface area contributed by atoms with E-state index >= 15 is 0 Å². The number of fused-ring (bicyclic) bond motifs is 2. The highest BCUT2D eigenvalue weighted by Gasteiger charge is 2.16. The molecule has 2 aromatic carbocycles. The Balaban J connectivity index is 1.81. The summed E-state index contributed by atoms with van der Waals surface area (Å²) in [5, 5.41) is 11.3. The van der Waals surface area contributed by atoms with Crippen LogP contribution in [0.2, 0.25) is 0 Å². The molecular weight excluding hydrogens is 270 g/mol. The fourth-order valence-electron chi connectivity index (χ4n) is 2.28. The summed E-state index contributed by atoms with van der Waals surface area (Å²) in [6, 6.07) is 12.2. The number of hydrogen-bond donors (Lipinski definition) is 1. The van der Waals surface area contributed by atoms with Gasteiger partial charge in [0.1, 0.15) is 11.5 Å². The van der Waals surface area contributed by atoms with Gasteiger partial charge in [-0.3, -0.25) is 0 Å². The number of phenols is 1. The smallest absolute Gasteiger partial charge is 0.231 e. The molecule has 0 bridgehead atoms. The van der Waals surface area contributed by atoms with E-state index in [-0.39, 0.29) is 12.5 Å². The summed E-state index contributed by atoms with van der Waals surface area (Å²) in [5.74, 6) is 2.52. The molecule has 104 valence electrons. The first-order valence-electron chi connectivity index (χ1n) is 6.45. The Kier molecular flexibility index (Phi) is 2.57. The molecule has 0 fully saturated rings. The molecule has 1 N–H and O–H groups in total. The zero-order valence-electron chi connectivity index (χ0n) is 10.9. The number of aromatic hydroxyl groups is 1. The standard InChI is InChI=1S/C16H11NO4/c18-11-2-1-3-12(7-11)21-16-13-8-15-14(19-9-20-15)6-10(13)4-5-17-16/h1-8,18H,9H2. The van der Waals surface area contributed by atoms with E-state index in [2.05, 4.69) is 4.98 Å². The number of rotatable bonds is 2. The van der Waals surface area contributed by atoms with E-state index in [4.69, 9.17) is 14.2 Å². The molecule has 0 amide bonds. The summed E-state index contributed by atoms with van der Waals surface area (Å²) >= 11 is 0. The summed E-state index contributed by atoms with van der Waals surface area (Å²) in [5.41, 5.74) is 0. The van der Waals surface area contributed by atoms with Crippen molar-refractivity contribution in [1.29, 1.82) is 0 Å². The lowest BCUT2D eigenvalue weighted by Crippen LogP contribution is -1.92. The van der Waals surface area contributed by atoms with Gasteiger partial charge in [-0.2, -0.15) is 0 Å². The predicted octanol–water partition coefficient (Wildman–Crippen LogP) is 3.46. The third-order valence-electron chi connectivity index (χ3n) is 3.25. The number of pyridine rings is 1. The molecule has 0 atom stereocenters. The maximum absolute atomic E-state index is 9.49. The van der Waals surface area contributed by atoms with Gasteiger partial charge in [0, 0.05) is 17.6 Å². The number of ether oxygens (including phenoxy) is 3. The van der Waals surface area contributed by atoms with Gasteiger partial charge in [-0.15, -0.1) is 0 Å². The number of nitrogens with zero attached hydrogens (tertiary/aromatic N) is 1. The van der Waals surface area contributed by atoms with Crippen LogP contribution in [0.1, 0.15) is 0 Å². The van der Waals surface area contributed by atoms with Gasteiger partial charge in [0.25, 0.3) is 0 Å². The molecule has 21 heavy (non-hydrogen) atoms. The molecule has 1 aliphatic heterocycles. The normalized spacial score (nSPS) is 12.6. The summed E-state index contributed by atoms with van der Waals surface area (Å²) < 4.78 is 16.5. The van der Waals surface area contributed by atoms with Crippen LogP contribution in [-0.4, -0.2) is 16.9 Å². The fraction of sp³-hybridized carbons (Fsp3) is 0.0625. The first-order valence-corrected chi connectivity index (χ1v) is 6.45. The minimum atomic E-state index is 0.144. The second kappa shape index (κ2) is 4.56. The Morgan fingerprint density at radius 2 is 1.90 bits per heavy atom. The van der Waals surface area contributed by atoms with Gasteiger partial charge >= 0.3 is 0 Å². The van der Waals surface area contributed by atoms with Crippen molar-refractivity contribution in [2.24, 2.45) is 0 Å². The second-order valence-corrected chi connectivity index (χ2v) is 4.64. The summed E-state index contributed by atoms with van der Waals surface area (Å²) in [7, 11) is 0. The van der Waals surface area contributed by atoms with Crippen molar-refractivity contribution in [2.45, 2.75) is 0 Å². The van der Waals surface area contributed by atoms with Crippen LogP contribution in [0, 0.1) is 0 Å². The van der Waals surface area contributed by atoms with Crippen LogP contribution < -0.4 is 14.2 Å². The average molecular weight is 281 g/mol. The SMILES string of the molecule is Oc1cccc(Oc2nccc3cc4c(cc23)OCO4)c1. The summed E-state index contributed by atoms with van der Waals surface area (Å²) in [6.45, 7) is 0.224. The first kappa shape index (κ1) is 11.8. The van der Waals surface area contributed by atoms with Gasteiger partial charge in [0.15, 0.2) is 11.5 Å². The molecular formula is C16H11NO4. The molecule has 1 aromatic heterocycles. The zero-order valence-corrected chi connectivity index (χ0v) is 10.9. The van der Waals surface area contributed by atoms with Crippen molar-refractivity contribution in [3.8, 4) is 28.9 Å². The van der Waals surface area contributed by atoms with Crippen LogP contribution in [0.15, 0.2) is 48.7 Å². The third-order valence-corrected chi connectivity index (χ3v) is 3.25. The van der Waals surface area contributed by atoms with E-state index in [1.54, 1.807) is 24.4 Å². The minimum Gasteiger partial charge on any atom is -0.508 e. The molecule has 2 heterocycles. The average Bonchev–Trinajstić information content (AvgIpc) is 2.93. The first-order chi connectivity index (χ1) is 10.3. The Hall–Kier alpha value is -2.95. The lowest BCUT2D eigenvalue weighted by molar-refractivity contribution is 0.174. The monoisotopic (exact) mass is 281 g/mol. The summed E-state index contributed by atoms with van der Waals surface area (Å²) in [6.07, 6.45) is 1.67. The highest BCUT2D eigenvalue weighted by molar-refractivity contribution is 5.90. The van der Waals surface area contributed by atoms with Gasteiger partial charge < -0.3 is 19.3 Å². The highest BCUT2D eigenvalue weighted by atomic mass is 16.7. The van der Waals surface area contributed by atoms with Crippen LogP contribution in [0.4, 0.5) is 0 Å². The molecule has 0 spiro atoms. The number of aromatic nitrogens is 1. The molecule has 0 radical (unpaired) electrons. The van der Waals surface area contributed by atoms with Crippen LogP contribution >= 0.6 is 0 Å². The van der Waals surface area contributed by atoms with Crippen molar-refractivity contribution >= 4 is 10.8 Å². The van der Waals surface area contributed by atoms with Crippen LogP contribution in [0.5, 0.6) is 28.9 Å². The topological polar surface area (TPSA) is 60.8 Å². The number of phenolic OH excluding ortho intramolecular Hbond substituents is 1.